The summed E-state index contributed by atoms with van der Waals surface area (Å²) in [4.78, 5) is 11.7. The molecular formula is C12H26N2O3. The molecule has 4 N–H and O–H groups in total. The second-order valence-corrected chi connectivity index (χ2v) is 4.87. The van der Waals surface area contributed by atoms with Crippen molar-refractivity contribution in [3.8, 4) is 0 Å². The highest BCUT2D eigenvalue weighted by atomic mass is 16.5. The zero-order valence-electron chi connectivity index (χ0n) is 11.3. The smallest absolute Gasteiger partial charge is 0.237 e. The fourth-order valence-electron chi connectivity index (χ4n) is 1.32. The van der Waals surface area contributed by atoms with E-state index in [1.165, 1.54) is 0 Å². The fourth-order valence-corrected chi connectivity index (χ4v) is 1.32. The van der Waals surface area contributed by atoms with E-state index >= 15 is 0 Å². The number of rotatable bonds is 8. The summed E-state index contributed by atoms with van der Waals surface area (Å²) in [5.41, 5.74) is 4.82. The summed E-state index contributed by atoms with van der Waals surface area (Å²) in [6.07, 6.45) is 1.33. The number of hydrogen-bond acceptors (Lipinski definition) is 4. The highest BCUT2D eigenvalue weighted by Crippen LogP contribution is 2.09. The minimum absolute atomic E-state index is 0.138. The molecule has 5 heteroatoms. The van der Waals surface area contributed by atoms with Crippen molar-refractivity contribution >= 4 is 5.91 Å². The van der Waals surface area contributed by atoms with Crippen molar-refractivity contribution < 1.29 is 14.6 Å². The highest BCUT2D eigenvalue weighted by molar-refractivity contribution is 5.81. The predicted octanol–water partition coefficient (Wildman–Crippen LogP) is 0.264. The van der Waals surface area contributed by atoms with Gasteiger partial charge in [-0.3, -0.25) is 4.79 Å². The maximum atomic E-state index is 11.7. The molecule has 0 heterocycles. The predicted molar refractivity (Wildman–Crippen MR) is 67.6 cm³/mol. The highest BCUT2D eigenvalue weighted by Gasteiger charge is 2.24. The Kier molecular flexibility index (Phi) is 7.34. The summed E-state index contributed by atoms with van der Waals surface area (Å²) >= 11 is 0. The monoisotopic (exact) mass is 246 g/mol. The zero-order valence-corrected chi connectivity index (χ0v) is 11.3. The maximum absolute atomic E-state index is 11.7. The summed E-state index contributed by atoms with van der Waals surface area (Å²) in [5, 5.41) is 12.6. The number of carbonyl (C=O) groups excluding carboxylic acids is 1. The normalized spacial score (nSPS) is 18.2. The number of aliphatic hydroxyl groups is 1. The van der Waals surface area contributed by atoms with E-state index in [1.54, 1.807) is 14.0 Å². The van der Waals surface area contributed by atoms with Crippen LogP contribution in [0.5, 0.6) is 0 Å². The molecule has 0 spiro atoms. The average Bonchev–Trinajstić information content (AvgIpc) is 2.31. The first-order chi connectivity index (χ1) is 7.84. The quantitative estimate of drug-likeness (QED) is 0.573. The Morgan fingerprint density at radius 1 is 1.59 bits per heavy atom. The summed E-state index contributed by atoms with van der Waals surface area (Å²) in [6, 6.07) is -0.516. The van der Waals surface area contributed by atoms with E-state index in [-0.39, 0.29) is 18.4 Å². The van der Waals surface area contributed by atoms with Gasteiger partial charge in [0.15, 0.2) is 0 Å². The van der Waals surface area contributed by atoms with Gasteiger partial charge in [-0.1, -0.05) is 20.3 Å². The number of nitrogens with two attached hydrogens (primary N) is 1. The number of hydrogen-bond donors (Lipinski definition) is 3. The molecule has 3 unspecified atom stereocenters. The minimum Gasteiger partial charge on any atom is -0.388 e. The van der Waals surface area contributed by atoms with Crippen LogP contribution < -0.4 is 11.1 Å². The third-order valence-corrected chi connectivity index (χ3v) is 3.05. The number of ether oxygens (including phenoxy) is 1. The molecule has 0 aromatic carbocycles. The lowest BCUT2D eigenvalue weighted by Gasteiger charge is -2.25. The van der Waals surface area contributed by atoms with Gasteiger partial charge in [0.1, 0.15) is 0 Å². The molecule has 3 atom stereocenters. The van der Waals surface area contributed by atoms with Crippen LogP contribution in [0.3, 0.4) is 0 Å². The maximum Gasteiger partial charge on any atom is 0.237 e. The molecule has 0 fully saturated rings. The van der Waals surface area contributed by atoms with Gasteiger partial charge in [0.05, 0.1) is 11.6 Å². The van der Waals surface area contributed by atoms with E-state index in [9.17, 15) is 9.90 Å². The van der Waals surface area contributed by atoms with E-state index in [2.05, 4.69) is 5.32 Å². The first kappa shape index (κ1) is 16.4. The first-order valence-electron chi connectivity index (χ1n) is 6.08. The molecule has 0 aliphatic carbocycles. The Labute approximate surface area is 104 Å². The van der Waals surface area contributed by atoms with E-state index in [0.29, 0.717) is 13.0 Å². The lowest BCUT2D eigenvalue weighted by molar-refractivity contribution is -0.124. The van der Waals surface area contributed by atoms with Gasteiger partial charge in [-0.15, -0.1) is 0 Å². The summed E-state index contributed by atoms with van der Waals surface area (Å²) in [7, 11) is 1.58. The van der Waals surface area contributed by atoms with Gasteiger partial charge in [0.2, 0.25) is 5.91 Å². The molecule has 0 bridgehead atoms. The number of nitrogens with one attached hydrogen (secondary N) is 1. The molecule has 0 saturated carbocycles. The van der Waals surface area contributed by atoms with E-state index < -0.39 is 11.6 Å². The van der Waals surface area contributed by atoms with Crippen molar-refractivity contribution in [2.75, 3.05) is 20.3 Å². The molecule has 0 aliphatic rings. The van der Waals surface area contributed by atoms with Crippen molar-refractivity contribution in [3.05, 3.63) is 0 Å². The lowest BCUT2D eigenvalue weighted by atomic mass is 9.98. The van der Waals surface area contributed by atoms with Gasteiger partial charge >= 0.3 is 0 Å². The first-order valence-corrected chi connectivity index (χ1v) is 6.08. The van der Waals surface area contributed by atoms with Crippen LogP contribution in [0, 0.1) is 5.92 Å². The second-order valence-electron chi connectivity index (χ2n) is 4.87. The minimum atomic E-state index is -0.957. The second kappa shape index (κ2) is 7.63. The summed E-state index contributed by atoms with van der Waals surface area (Å²) in [5.74, 6) is -0.0732. The van der Waals surface area contributed by atoms with Crippen LogP contribution in [-0.2, 0) is 9.53 Å². The van der Waals surface area contributed by atoms with Crippen LogP contribution in [0.25, 0.3) is 0 Å². The van der Waals surface area contributed by atoms with Gasteiger partial charge in [-0.25, -0.2) is 0 Å². The molecule has 102 valence electrons. The molecule has 0 rings (SSSR count). The largest absolute Gasteiger partial charge is 0.388 e. The summed E-state index contributed by atoms with van der Waals surface area (Å²) < 4.78 is 4.89. The molecule has 0 aliphatic heterocycles. The SMILES string of the molecule is CCC(C)C(N)C(=O)NCC(C)(O)CCOC. The Balaban J connectivity index is 4.05. The molecule has 0 saturated heterocycles. The molecule has 0 radical (unpaired) electrons. The third-order valence-electron chi connectivity index (χ3n) is 3.05. The average molecular weight is 246 g/mol. The number of amides is 1. The van der Waals surface area contributed by atoms with Gasteiger partial charge in [-0.2, -0.15) is 0 Å². The molecule has 5 nitrogen and oxygen atoms in total. The Morgan fingerprint density at radius 2 is 2.18 bits per heavy atom. The number of methoxy groups -OCH3 is 1. The standard InChI is InChI=1S/C12H26N2O3/c1-5-9(2)10(13)11(15)14-8-12(3,16)6-7-17-4/h9-10,16H,5-8,13H2,1-4H3,(H,14,15). The van der Waals surface area contributed by atoms with E-state index in [4.69, 9.17) is 10.5 Å². The van der Waals surface area contributed by atoms with Crippen LogP contribution in [-0.4, -0.2) is 42.9 Å². The van der Waals surface area contributed by atoms with Crippen molar-refractivity contribution in [2.45, 2.75) is 45.3 Å². The molecule has 0 aromatic heterocycles. The fraction of sp³-hybridized carbons (Fsp3) is 0.917. The Morgan fingerprint density at radius 3 is 2.65 bits per heavy atom. The van der Waals surface area contributed by atoms with Crippen LogP contribution in [0.1, 0.15) is 33.6 Å². The zero-order chi connectivity index (χ0) is 13.5. The lowest BCUT2D eigenvalue weighted by Crippen LogP contribution is -2.49. The van der Waals surface area contributed by atoms with Gasteiger partial charge in [0.25, 0.3) is 0 Å². The van der Waals surface area contributed by atoms with E-state index in [1.807, 2.05) is 13.8 Å². The third kappa shape index (κ3) is 6.61. The van der Waals surface area contributed by atoms with Gasteiger partial charge < -0.3 is 20.9 Å². The molecular weight excluding hydrogens is 220 g/mol. The van der Waals surface area contributed by atoms with Gasteiger partial charge in [0, 0.05) is 26.7 Å². The van der Waals surface area contributed by atoms with Crippen LogP contribution in [0.4, 0.5) is 0 Å². The topological polar surface area (TPSA) is 84.6 Å². The van der Waals surface area contributed by atoms with Crippen molar-refractivity contribution in [1.82, 2.24) is 5.32 Å². The summed E-state index contributed by atoms with van der Waals surface area (Å²) in [6.45, 7) is 6.25. The Bertz CT molecular complexity index is 232. The van der Waals surface area contributed by atoms with Crippen LogP contribution >= 0.6 is 0 Å². The Hall–Kier alpha value is -0.650. The van der Waals surface area contributed by atoms with Crippen molar-refractivity contribution in [3.63, 3.8) is 0 Å². The van der Waals surface area contributed by atoms with Crippen LogP contribution in [0.2, 0.25) is 0 Å². The van der Waals surface area contributed by atoms with Crippen LogP contribution in [0.15, 0.2) is 0 Å². The van der Waals surface area contributed by atoms with Crippen molar-refractivity contribution in [1.29, 1.82) is 0 Å². The van der Waals surface area contributed by atoms with Crippen molar-refractivity contribution in [2.24, 2.45) is 11.7 Å². The van der Waals surface area contributed by atoms with E-state index in [0.717, 1.165) is 6.42 Å². The number of carbonyl (C=O) groups is 1. The molecule has 17 heavy (non-hydrogen) atoms. The molecule has 0 aromatic rings. The molecule has 1 amide bonds. The van der Waals surface area contributed by atoms with Gasteiger partial charge in [-0.05, 0) is 12.8 Å².